The Bertz CT molecular complexity index is 993. The molecule has 1 aliphatic heterocycles. The Hall–Kier alpha value is -2.23. The molecule has 0 amide bonds. The SMILES string of the molecule is CCCC1=CCC(CCc2ccc3c(c2F)Oc2c(cc(CCC)c(F)c2F)C3)CC1. The topological polar surface area (TPSA) is 9.23 Å². The van der Waals surface area contributed by atoms with Crippen molar-refractivity contribution in [2.24, 2.45) is 5.92 Å². The molecule has 0 fully saturated rings. The summed E-state index contributed by atoms with van der Waals surface area (Å²) in [5, 5.41) is 0. The summed E-state index contributed by atoms with van der Waals surface area (Å²) in [6.07, 6.45) is 11.2. The Labute approximate surface area is 183 Å². The Morgan fingerprint density at radius 3 is 2.35 bits per heavy atom. The van der Waals surface area contributed by atoms with Gasteiger partial charge < -0.3 is 4.74 Å². The van der Waals surface area contributed by atoms with E-state index in [0.29, 0.717) is 47.4 Å². The number of benzene rings is 2. The Morgan fingerprint density at radius 1 is 0.871 bits per heavy atom. The molecule has 2 aliphatic rings. The van der Waals surface area contributed by atoms with Crippen molar-refractivity contribution in [1.82, 2.24) is 0 Å². The second kappa shape index (κ2) is 9.50. The molecule has 2 aromatic carbocycles. The van der Waals surface area contributed by atoms with Crippen molar-refractivity contribution >= 4 is 0 Å². The number of halogens is 3. The van der Waals surface area contributed by atoms with Gasteiger partial charge in [-0.25, -0.2) is 8.78 Å². The van der Waals surface area contributed by atoms with E-state index >= 15 is 4.39 Å². The average Bonchev–Trinajstić information content (AvgIpc) is 2.77. The van der Waals surface area contributed by atoms with E-state index in [1.165, 1.54) is 12.8 Å². The molecular weight excluding hydrogens is 397 g/mol. The number of allylic oxidation sites excluding steroid dienone is 2. The maximum absolute atomic E-state index is 15.2. The van der Waals surface area contributed by atoms with Crippen molar-refractivity contribution in [3.63, 3.8) is 0 Å². The molecular formula is C27H31F3O. The molecule has 0 spiro atoms. The van der Waals surface area contributed by atoms with Crippen LogP contribution in [0.3, 0.4) is 0 Å². The predicted molar refractivity (Wildman–Crippen MR) is 118 cm³/mol. The summed E-state index contributed by atoms with van der Waals surface area (Å²) >= 11 is 0. The number of hydrogen-bond acceptors (Lipinski definition) is 1. The van der Waals surface area contributed by atoms with Crippen molar-refractivity contribution < 1.29 is 17.9 Å². The van der Waals surface area contributed by atoms with Crippen LogP contribution in [0.5, 0.6) is 11.5 Å². The standard InChI is InChI=1S/C27H31F3O/c1-3-5-17-7-9-18(10-8-17)11-12-19-13-14-21-16-22-15-20(6-4-2)23(28)25(30)27(22)31-26(21)24(19)29/h7,13-15,18H,3-6,8-12,16H2,1-2H3. The minimum absolute atomic E-state index is 0.0558. The molecule has 0 saturated carbocycles. The van der Waals surface area contributed by atoms with Gasteiger partial charge in [0.25, 0.3) is 0 Å². The summed E-state index contributed by atoms with van der Waals surface area (Å²) in [6.45, 7) is 4.13. The molecule has 166 valence electrons. The zero-order valence-electron chi connectivity index (χ0n) is 18.5. The fourth-order valence-corrected chi connectivity index (χ4v) is 4.91. The first-order valence-electron chi connectivity index (χ1n) is 11.7. The molecule has 1 atom stereocenters. The highest BCUT2D eigenvalue weighted by molar-refractivity contribution is 5.53. The zero-order chi connectivity index (χ0) is 22.0. The van der Waals surface area contributed by atoms with Crippen molar-refractivity contribution in [2.45, 2.75) is 78.1 Å². The van der Waals surface area contributed by atoms with Gasteiger partial charge in [0.05, 0.1) is 0 Å². The monoisotopic (exact) mass is 428 g/mol. The second-order valence-corrected chi connectivity index (χ2v) is 9.00. The molecule has 0 aromatic heterocycles. The average molecular weight is 429 g/mol. The minimum Gasteiger partial charge on any atom is -0.450 e. The highest BCUT2D eigenvalue weighted by Crippen LogP contribution is 2.42. The number of ether oxygens (including phenoxy) is 1. The smallest absolute Gasteiger partial charge is 0.201 e. The van der Waals surface area contributed by atoms with Crippen LogP contribution >= 0.6 is 0 Å². The van der Waals surface area contributed by atoms with E-state index in [1.54, 1.807) is 11.6 Å². The Balaban J connectivity index is 1.50. The Kier molecular flexibility index (Phi) is 6.74. The predicted octanol–water partition coefficient (Wildman–Crippen LogP) is 8.21. The normalized spacial score (nSPS) is 17.6. The molecule has 1 unspecified atom stereocenters. The molecule has 2 aromatic rings. The molecule has 0 N–H and O–H groups in total. The van der Waals surface area contributed by atoms with Crippen molar-refractivity contribution in [3.05, 3.63) is 69.6 Å². The molecule has 1 aliphatic carbocycles. The van der Waals surface area contributed by atoms with Crippen LogP contribution in [0.25, 0.3) is 0 Å². The van der Waals surface area contributed by atoms with Crippen molar-refractivity contribution in [3.8, 4) is 11.5 Å². The van der Waals surface area contributed by atoms with Crippen LogP contribution in [0.15, 0.2) is 29.8 Å². The highest BCUT2D eigenvalue weighted by atomic mass is 19.2. The summed E-state index contributed by atoms with van der Waals surface area (Å²) in [5.74, 6) is -1.86. The molecule has 1 nitrogen and oxygen atoms in total. The molecule has 4 heteroatoms. The van der Waals surface area contributed by atoms with E-state index in [1.807, 2.05) is 19.1 Å². The third-order valence-electron chi connectivity index (χ3n) is 6.68. The lowest BCUT2D eigenvalue weighted by Gasteiger charge is -2.24. The number of fused-ring (bicyclic) bond motifs is 2. The van der Waals surface area contributed by atoms with Crippen LogP contribution in [0.1, 0.15) is 81.0 Å². The second-order valence-electron chi connectivity index (χ2n) is 9.00. The molecule has 1 heterocycles. The van der Waals surface area contributed by atoms with E-state index in [9.17, 15) is 8.78 Å². The molecule has 4 rings (SSSR count). The van der Waals surface area contributed by atoms with Crippen LogP contribution in [-0.2, 0) is 19.3 Å². The summed E-state index contributed by atoms with van der Waals surface area (Å²) in [5.41, 5.74) is 3.77. The first-order chi connectivity index (χ1) is 15.0. The van der Waals surface area contributed by atoms with E-state index in [0.717, 1.165) is 32.1 Å². The number of hydrogen-bond donors (Lipinski definition) is 0. The summed E-state index contributed by atoms with van der Waals surface area (Å²) in [6, 6.07) is 5.36. The van der Waals surface area contributed by atoms with Gasteiger partial charge in [0.2, 0.25) is 5.82 Å². The van der Waals surface area contributed by atoms with Crippen molar-refractivity contribution in [1.29, 1.82) is 0 Å². The number of rotatable bonds is 7. The molecule has 0 bridgehead atoms. The summed E-state index contributed by atoms with van der Waals surface area (Å²) < 4.78 is 49.9. The number of aryl methyl sites for hydroxylation is 2. The van der Waals surface area contributed by atoms with E-state index in [4.69, 9.17) is 4.74 Å². The van der Waals surface area contributed by atoms with Gasteiger partial charge in [-0.2, -0.15) is 4.39 Å². The van der Waals surface area contributed by atoms with Crippen LogP contribution in [0.4, 0.5) is 13.2 Å². The first kappa shape index (κ1) is 22.0. The lowest BCUT2D eigenvalue weighted by atomic mass is 9.84. The molecule has 0 radical (unpaired) electrons. The zero-order valence-corrected chi connectivity index (χ0v) is 18.5. The van der Waals surface area contributed by atoms with Gasteiger partial charge in [-0.1, -0.05) is 50.5 Å². The summed E-state index contributed by atoms with van der Waals surface area (Å²) in [7, 11) is 0. The van der Waals surface area contributed by atoms with Gasteiger partial charge in [0, 0.05) is 17.5 Å². The van der Waals surface area contributed by atoms with Gasteiger partial charge in [0.1, 0.15) is 0 Å². The van der Waals surface area contributed by atoms with Crippen LogP contribution in [-0.4, -0.2) is 0 Å². The lowest BCUT2D eigenvalue weighted by Crippen LogP contribution is -2.12. The third kappa shape index (κ3) is 4.53. The third-order valence-corrected chi connectivity index (χ3v) is 6.68. The fraction of sp³-hybridized carbons (Fsp3) is 0.481. The van der Waals surface area contributed by atoms with Gasteiger partial charge in [-0.15, -0.1) is 0 Å². The van der Waals surface area contributed by atoms with E-state index in [-0.39, 0.29) is 11.5 Å². The maximum Gasteiger partial charge on any atom is 0.201 e. The van der Waals surface area contributed by atoms with Gasteiger partial charge in [-0.3, -0.25) is 0 Å². The van der Waals surface area contributed by atoms with Crippen LogP contribution in [0, 0.1) is 23.4 Å². The maximum atomic E-state index is 15.2. The van der Waals surface area contributed by atoms with Gasteiger partial charge in [-0.05, 0) is 68.1 Å². The van der Waals surface area contributed by atoms with Gasteiger partial charge in [0.15, 0.2) is 23.1 Å². The lowest BCUT2D eigenvalue weighted by molar-refractivity contribution is 0.375. The minimum atomic E-state index is -1.01. The molecule has 31 heavy (non-hydrogen) atoms. The largest absolute Gasteiger partial charge is 0.450 e. The van der Waals surface area contributed by atoms with E-state index < -0.39 is 17.5 Å². The quantitative estimate of drug-likeness (QED) is 0.345. The van der Waals surface area contributed by atoms with Gasteiger partial charge >= 0.3 is 0 Å². The summed E-state index contributed by atoms with van der Waals surface area (Å²) in [4.78, 5) is 0. The van der Waals surface area contributed by atoms with Crippen LogP contribution in [0.2, 0.25) is 0 Å². The van der Waals surface area contributed by atoms with E-state index in [2.05, 4.69) is 13.0 Å². The highest BCUT2D eigenvalue weighted by Gasteiger charge is 2.28. The Morgan fingerprint density at radius 2 is 1.65 bits per heavy atom. The molecule has 0 saturated heterocycles. The fourth-order valence-electron chi connectivity index (χ4n) is 4.91. The first-order valence-corrected chi connectivity index (χ1v) is 11.7. The van der Waals surface area contributed by atoms with Crippen molar-refractivity contribution in [2.75, 3.05) is 0 Å². The van der Waals surface area contributed by atoms with Crippen LogP contribution < -0.4 is 4.74 Å².